The lowest BCUT2D eigenvalue weighted by Crippen LogP contribution is -2.09. The Morgan fingerprint density at radius 3 is 2.85 bits per heavy atom. The van der Waals surface area contributed by atoms with Crippen LogP contribution in [0.5, 0.6) is 0 Å². The molecular weight excluding hydrogens is 164 g/mol. The number of ketones is 1. The van der Waals surface area contributed by atoms with Gasteiger partial charge >= 0.3 is 0 Å². The van der Waals surface area contributed by atoms with Crippen molar-refractivity contribution < 1.29 is 4.79 Å². The number of carbonyl (C=O) groups is 1. The normalized spacial score (nSPS) is 12.8. The first-order chi connectivity index (χ1) is 6.11. The van der Waals surface area contributed by atoms with Crippen LogP contribution in [-0.2, 0) is 18.3 Å². The lowest BCUT2D eigenvalue weighted by atomic mass is 10.0. The highest BCUT2D eigenvalue weighted by Crippen LogP contribution is 2.08. The molecule has 0 fully saturated rings. The van der Waals surface area contributed by atoms with Crippen LogP contribution in [0.3, 0.4) is 0 Å². The van der Waals surface area contributed by atoms with Crippen molar-refractivity contribution in [1.29, 1.82) is 0 Å². The van der Waals surface area contributed by atoms with Gasteiger partial charge in [0.1, 0.15) is 11.6 Å². The summed E-state index contributed by atoms with van der Waals surface area (Å²) >= 11 is 0. The molecule has 1 heterocycles. The van der Waals surface area contributed by atoms with Gasteiger partial charge in [-0.25, -0.2) is 4.98 Å². The number of rotatable bonds is 4. The fraction of sp³-hybridized carbons (Fsp3) is 0.600. The smallest absolute Gasteiger partial charge is 0.132 e. The summed E-state index contributed by atoms with van der Waals surface area (Å²) in [5.74, 6) is 1.46. The molecule has 0 aliphatic rings. The third-order valence-corrected chi connectivity index (χ3v) is 2.42. The van der Waals surface area contributed by atoms with Gasteiger partial charge in [0.15, 0.2) is 0 Å². The van der Waals surface area contributed by atoms with Gasteiger partial charge in [-0.2, -0.15) is 0 Å². The van der Waals surface area contributed by atoms with Crippen LogP contribution >= 0.6 is 0 Å². The van der Waals surface area contributed by atoms with Crippen molar-refractivity contribution in [2.75, 3.05) is 0 Å². The van der Waals surface area contributed by atoms with E-state index in [1.807, 2.05) is 24.7 Å². The maximum Gasteiger partial charge on any atom is 0.132 e. The Balaban J connectivity index is 2.44. The topological polar surface area (TPSA) is 34.9 Å². The Bertz CT molecular complexity index is 291. The molecule has 1 unspecified atom stereocenters. The average molecular weight is 180 g/mol. The summed E-state index contributed by atoms with van der Waals surface area (Å²) in [7, 11) is 1.97. The standard InChI is InChI=1S/C10H16N2O/c1-8(9(2)13)4-5-10-11-6-7-12(10)3/h6-8H,4-5H2,1-3H3. The fourth-order valence-corrected chi connectivity index (χ4v) is 1.19. The number of Topliss-reactive ketones (excluding diaryl/α,β-unsaturated/α-hetero) is 1. The number of hydrogen-bond donors (Lipinski definition) is 0. The van der Waals surface area contributed by atoms with Crippen molar-refractivity contribution in [3.63, 3.8) is 0 Å². The quantitative estimate of drug-likeness (QED) is 0.705. The second-order valence-electron chi connectivity index (χ2n) is 3.50. The number of nitrogens with zero attached hydrogens (tertiary/aromatic N) is 2. The SMILES string of the molecule is CC(=O)C(C)CCc1nccn1C. The van der Waals surface area contributed by atoms with Gasteiger partial charge < -0.3 is 4.57 Å². The van der Waals surface area contributed by atoms with Crippen LogP contribution in [0.25, 0.3) is 0 Å². The molecule has 0 aliphatic heterocycles. The van der Waals surface area contributed by atoms with Crippen LogP contribution in [0.4, 0.5) is 0 Å². The molecule has 0 spiro atoms. The van der Waals surface area contributed by atoms with Gasteiger partial charge in [0.25, 0.3) is 0 Å². The van der Waals surface area contributed by atoms with Crippen molar-refractivity contribution in [3.8, 4) is 0 Å². The first-order valence-electron chi connectivity index (χ1n) is 4.58. The van der Waals surface area contributed by atoms with E-state index < -0.39 is 0 Å². The van der Waals surface area contributed by atoms with Crippen molar-refractivity contribution in [3.05, 3.63) is 18.2 Å². The number of aryl methyl sites for hydroxylation is 2. The van der Waals surface area contributed by atoms with Gasteiger partial charge in [0.2, 0.25) is 0 Å². The minimum Gasteiger partial charge on any atom is -0.338 e. The molecule has 0 aromatic carbocycles. The molecule has 72 valence electrons. The van der Waals surface area contributed by atoms with Gasteiger partial charge in [-0.3, -0.25) is 4.79 Å². The highest BCUT2D eigenvalue weighted by atomic mass is 16.1. The average Bonchev–Trinajstić information content (AvgIpc) is 2.47. The van der Waals surface area contributed by atoms with Gasteiger partial charge in [-0.1, -0.05) is 6.92 Å². The van der Waals surface area contributed by atoms with E-state index in [9.17, 15) is 4.79 Å². The van der Waals surface area contributed by atoms with Crippen LogP contribution in [0.2, 0.25) is 0 Å². The van der Waals surface area contributed by atoms with E-state index >= 15 is 0 Å². The molecule has 0 amide bonds. The Morgan fingerprint density at radius 2 is 2.38 bits per heavy atom. The van der Waals surface area contributed by atoms with E-state index in [2.05, 4.69) is 4.98 Å². The van der Waals surface area contributed by atoms with Crippen LogP contribution in [0.15, 0.2) is 12.4 Å². The molecule has 0 bridgehead atoms. The van der Waals surface area contributed by atoms with Crippen LogP contribution < -0.4 is 0 Å². The van der Waals surface area contributed by atoms with Crippen LogP contribution in [0, 0.1) is 5.92 Å². The number of imidazole rings is 1. The molecule has 1 aromatic rings. The molecular formula is C10H16N2O. The highest BCUT2D eigenvalue weighted by molar-refractivity contribution is 5.77. The summed E-state index contributed by atoms with van der Waals surface area (Å²) in [4.78, 5) is 15.2. The monoisotopic (exact) mass is 180 g/mol. The van der Waals surface area contributed by atoms with Crippen molar-refractivity contribution >= 4 is 5.78 Å². The Morgan fingerprint density at radius 1 is 1.69 bits per heavy atom. The van der Waals surface area contributed by atoms with E-state index in [1.165, 1.54) is 0 Å². The number of aromatic nitrogens is 2. The molecule has 0 aliphatic carbocycles. The van der Waals surface area contributed by atoms with Gasteiger partial charge in [-0.05, 0) is 13.3 Å². The van der Waals surface area contributed by atoms with Crippen LogP contribution in [-0.4, -0.2) is 15.3 Å². The third kappa shape index (κ3) is 2.68. The molecule has 1 atom stereocenters. The molecule has 3 nitrogen and oxygen atoms in total. The largest absolute Gasteiger partial charge is 0.338 e. The van der Waals surface area contributed by atoms with E-state index in [0.29, 0.717) is 0 Å². The Kier molecular flexibility index (Phi) is 3.23. The molecule has 1 rings (SSSR count). The van der Waals surface area contributed by atoms with Gasteiger partial charge in [0, 0.05) is 31.8 Å². The molecule has 0 radical (unpaired) electrons. The molecule has 13 heavy (non-hydrogen) atoms. The Labute approximate surface area is 78.8 Å². The summed E-state index contributed by atoms with van der Waals surface area (Å²) in [5, 5.41) is 0. The lowest BCUT2D eigenvalue weighted by Gasteiger charge is -2.06. The van der Waals surface area contributed by atoms with E-state index in [4.69, 9.17) is 0 Å². The highest BCUT2D eigenvalue weighted by Gasteiger charge is 2.08. The van der Waals surface area contributed by atoms with E-state index in [1.54, 1.807) is 13.1 Å². The number of hydrogen-bond acceptors (Lipinski definition) is 2. The Hall–Kier alpha value is -1.12. The summed E-state index contributed by atoms with van der Waals surface area (Å²) < 4.78 is 1.99. The lowest BCUT2D eigenvalue weighted by molar-refractivity contribution is -0.120. The summed E-state index contributed by atoms with van der Waals surface area (Å²) in [5.41, 5.74) is 0. The van der Waals surface area contributed by atoms with E-state index in [0.717, 1.165) is 18.7 Å². The number of carbonyl (C=O) groups excluding carboxylic acids is 1. The van der Waals surface area contributed by atoms with Crippen molar-refractivity contribution in [1.82, 2.24) is 9.55 Å². The maximum absolute atomic E-state index is 11.0. The first-order valence-corrected chi connectivity index (χ1v) is 4.58. The summed E-state index contributed by atoms with van der Waals surface area (Å²) in [6.07, 6.45) is 5.48. The van der Waals surface area contributed by atoms with E-state index in [-0.39, 0.29) is 11.7 Å². The zero-order valence-corrected chi connectivity index (χ0v) is 8.45. The van der Waals surface area contributed by atoms with Crippen molar-refractivity contribution in [2.24, 2.45) is 13.0 Å². The van der Waals surface area contributed by atoms with Gasteiger partial charge in [-0.15, -0.1) is 0 Å². The second kappa shape index (κ2) is 4.21. The molecule has 0 saturated carbocycles. The second-order valence-corrected chi connectivity index (χ2v) is 3.50. The maximum atomic E-state index is 11.0. The molecule has 3 heteroatoms. The van der Waals surface area contributed by atoms with Crippen molar-refractivity contribution in [2.45, 2.75) is 26.7 Å². The summed E-state index contributed by atoms with van der Waals surface area (Å²) in [6.45, 7) is 3.61. The van der Waals surface area contributed by atoms with Crippen LogP contribution in [0.1, 0.15) is 26.1 Å². The zero-order chi connectivity index (χ0) is 9.84. The predicted octanol–water partition coefficient (Wildman–Crippen LogP) is 1.58. The fourth-order valence-electron chi connectivity index (χ4n) is 1.19. The molecule has 0 saturated heterocycles. The first kappa shape index (κ1) is 9.96. The van der Waals surface area contributed by atoms with Gasteiger partial charge in [0.05, 0.1) is 0 Å². The summed E-state index contributed by atoms with van der Waals surface area (Å²) in [6, 6.07) is 0. The minimum absolute atomic E-state index is 0.150. The predicted molar refractivity (Wildman–Crippen MR) is 51.4 cm³/mol. The molecule has 0 N–H and O–H groups in total. The zero-order valence-electron chi connectivity index (χ0n) is 8.45. The molecule has 1 aromatic heterocycles. The minimum atomic E-state index is 0.150. The third-order valence-electron chi connectivity index (χ3n) is 2.42.